The van der Waals surface area contributed by atoms with Crippen molar-refractivity contribution in [1.29, 1.82) is 0 Å². The van der Waals surface area contributed by atoms with E-state index in [0.717, 1.165) is 26.2 Å². The van der Waals surface area contributed by atoms with Gasteiger partial charge in [-0.05, 0) is 46.5 Å². The fourth-order valence-electron chi connectivity index (χ4n) is 4.83. The quantitative estimate of drug-likeness (QED) is 0.608. The second kappa shape index (κ2) is 8.72. The molecule has 8 heteroatoms. The lowest BCUT2D eigenvalue weighted by Crippen LogP contribution is -2.49. The number of fused-ring (bicyclic) bond motifs is 3. The maximum atomic E-state index is 12.5. The predicted molar refractivity (Wildman–Crippen MR) is 128 cm³/mol. The fourth-order valence-corrected chi connectivity index (χ4v) is 5.35. The number of anilines is 1. The standard InChI is InChI=1S/C25H26N4O3S/c26-33(31,32)19-11-9-18(10-12-19)27-24(30)17-28-13-15-29(16-14-28)25-22-7-3-1-5-20(22)21-6-2-4-8-23(21)25/h1-12,25H,13-17H2,(H,27,30)(H2,26,31,32). The van der Waals surface area contributed by atoms with Crippen LogP contribution in [0.15, 0.2) is 77.7 Å². The van der Waals surface area contributed by atoms with Crippen LogP contribution in [0.3, 0.4) is 0 Å². The van der Waals surface area contributed by atoms with Gasteiger partial charge < -0.3 is 5.32 Å². The number of nitrogens with one attached hydrogen (secondary N) is 1. The third kappa shape index (κ3) is 4.43. The molecule has 0 saturated carbocycles. The molecule has 1 aliphatic heterocycles. The molecule has 0 atom stereocenters. The van der Waals surface area contributed by atoms with Gasteiger partial charge in [-0.25, -0.2) is 13.6 Å². The maximum absolute atomic E-state index is 12.5. The number of piperazine rings is 1. The number of nitrogens with zero attached hydrogens (tertiary/aromatic N) is 2. The molecule has 1 heterocycles. The van der Waals surface area contributed by atoms with Gasteiger partial charge >= 0.3 is 0 Å². The summed E-state index contributed by atoms with van der Waals surface area (Å²) in [6, 6.07) is 23.4. The summed E-state index contributed by atoms with van der Waals surface area (Å²) in [6.45, 7) is 3.66. The van der Waals surface area contributed by atoms with E-state index in [4.69, 9.17) is 5.14 Å². The van der Waals surface area contributed by atoms with Gasteiger partial charge in [0.1, 0.15) is 0 Å². The average Bonchev–Trinajstić information content (AvgIpc) is 3.14. The van der Waals surface area contributed by atoms with E-state index in [9.17, 15) is 13.2 Å². The van der Waals surface area contributed by atoms with Crippen LogP contribution in [0.25, 0.3) is 11.1 Å². The monoisotopic (exact) mass is 462 g/mol. The molecule has 0 radical (unpaired) electrons. The minimum absolute atomic E-state index is 0.0201. The zero-order valence-electron chi connectivity index (χ0n) is 18.1. The van der Waals surface area contributed by atoms with Gasteiger partial charge in [-0.15, -0.1) is 0 Å². The number of rotatable bonds is 5. The van der Waals surface area contributed by atoms with Crippen LogP contribution in [0.1, 0.15) is 17.2 Å². The van der Waals surface area contributed by atoms with E-state index in [1.54, 1.807) is 12.1 Å². The van der Waals surface area contributed by atoms with Gasteiger partial charge in [0, 0.05) is 31.9 Å². The Balaban J connectivity index is 1.20. The number of carbonyl (C=O) groups excluding carboxylic acids is 1. The number of nitrogens with two attached hydrogens (primary N) is 1. The zero-order valence-corrected chi connectivity index (χ0v) is 19.0. The second-order valence-corrected chi connectivity index (χ2v) is 10.1. The van der Waals surface area contributed by atoms with E-state index in [1.165, 1.54) is 34.4 Å². The molecule has 2 aliphatic rings. The van der Waals surface area contributed by atoms with Crippen molar-refractivity contribution in [2.75, 3.05) is 38.0 Å². The minimum Gasteiger partial charge on any atom is -0.325 e. The summed E-state index contributed by atoms with van der Waals surface area (Å²) in [6.07, 6.45) is 0. The van der Waals surface area contributed by atoms with Crippen molar-refractivity contribution in [3.63, 3.8) is 0 Å². The number of hydrogen-bond donors (Lipinski definition) is 2. The summed E-state index contributed by atoms with van der Waals surface area (Å²) < 4.78 is 22.7. The van der Waals surface area contributed by atoms with Crippen molar-refractivity contribution >= 4 is 21.6 Å². The molecule has 0 aromatic heterocycles. The molecule has 5 rings (SSSR count). The number of hydrogen-bond acceptors (Lipinski definition) is 5. The molecule has 3 N–H and O–H groups in total. The van der Waals surface area contributed by atoms with Crippen LogP contribution in [-0.2, 0) is 14.8 Å². The Morgan fingerprint density at radius 1 is 0.848 bits per heavy atom. The summed E-state index contributed by atoms with van der Waals surface area (Å²) in [5.74, 6) is -0.122. The normalized spacial score (nSPS) is 16.9. The molecule has 1 saturated heterocycles. The van der Waals surface area contributed by atoms with Crippen LogP contribution in [0.4, 0.5) is 5.69 Å². The second-order valence-electron chi connectivity index (χ2n) is 8.51. The highest BCUT2D eigenvalue weighted by Crippen LogP contribution is 2.46. The van der Waals surface area contributed by atoms with Crippen LogP contribution in [0.2, 0.25) is 0 Å². The molecule has 1 amide bonds. The van der Waals surface area contributed by atoms with Crippen molar-refractivity contribution in [3.8, 4) is 11.1 Å². The number of benzene rings is 3. The van der Waals surface area contributed by atoms with Gasteiger partial charge in [-0.2, -0.15) is 0 Å². The number of amides is 1. The van der Waals surface area contributed by atoms with Gasteiger partial charge in [-0.1, -0.05) is 48.5 Å². The summed E-state index contributed by atoms with van der Waals surface area (Å²) in [7, 11) is -3.75. The van der Waals surface area contributed by atoms with E-state index < -0.39 is 10.0 Å². The average molecular weight is 463 g/mol. The zero-order chi connectivity index (χ0) is 23.0. The maximum Gasteiger partial charge on any atom is 0.238 e. The predicted octanol–water partition coefficient (Wildman–Crippen LogP) is 2.66. The van der Waals surface area contributed by atoms with E-state index in [1.807, 2.05) is 0 Å². The first kappa shape index (κ1) is 21.8. The van der Waals surface area contributed by atoms with Crippen LogP contribution < -0.4 is 10.5 Å². The Morgan fingerprint density at radius 2 is 1.39 bits per heavy atom. The van der Waals surface area contributed by atoms with Crippen molar-refractivity contribution in [2.24, 2.45) is 5.14 Å². The molecular weight excluding hydrogens is 436 g/mol. The lowest BCUT2D eigenvalue weighted by atomic mass is 10.0. The third-order valence-corrected chi connectivity index (χ3v) is 7.34. The first-order valence-electron chi connectivity index (χ1n) is 11.0. The van der Waals surface area contributed by atoms with E-state index >= 15 is 0 Å². The van der Waals surface area contributed by atoms with E-state index in [2.05, 4.69) is 63.6 Å². The van der Waals surface area contributed by atoms with Gasteiger partial charge in [-0.3, -0.25) is 14.6 Å². The first-order chi connectivity index (χ1) is 15.9. The minimum atomic E-state index is -3.75. The molecule has 33 heavy (non-hydrogen) atoms. The Hall–Kier alpha value is -3.04. The Morgan fingerprint density at radius 3 is 1.94 bits per heavy atom. The molecule has 7 nitrogen and oxygen atoms in total. The largest absolute Gasteiger partial charge is 0.325 e. The molecular formula is C25H26N4O3S. The summed E-state index contributed by atoms with van der Waals surface area (Å²) in [5.41, 5.74) is 5.88. The van der Waals surface area contributed by atoms with Crippen molar-refractivity contribution in [1.82, 2.24) is 9.80 Å². The Bertz CT molecular complexity index is 1240. The summed E-state index contributed by atoms with van der Waals surface area (Å²) in [4.78, 5) is 17.2. The van der Waals surface area contributed by atoms with Crippen LogP contribution in [0, 0.1) is 0 Å². The van der Waals surface area contributed by atoms with Crippen LogP contribution >= 0.6 is 0 Å². The fraction of sp³-hybridized carbons (Fsp3) is 0.240. The van der Waals surface area contributed by atoms with Gasteiger partial charge in [0.15, 0.2) is 0 Å². The number of primary sulfonamides is 1. The molecule has 3 aromatic carbocycles. The molecule has 0 spiro atoms. The Labute approximate surface area is 193 Å². The number of sulfonamides is 1. The van der Waals surface area contributed by atoms with Crippen molar-refractivity contribution in [3.05, 3.63) is 83.9 Å². The smallest absolute Gasteiger partial charge is 0.238 e. The summed E-state index contributed by atoms with van der Waals surface area (Å²) >= 11 is 0. The molecule has 170 valence electrons. The third-order valence-electron chi connectivity index (χ3n) is 6.41. The summed E-state index contributed by atoms with van der Waals surface area (Å²) in [5, 5.41) is 7.95. The number of carbonyl (C=O) groups is 1. The topological polar surface area (TPSA) is 95.7 Å². The molecule has 0 bridgehead atoms. The van der Waals surface area contributed by atoms with Crippen LogP contribution in [0.5, 0.6) is 0 Å². The van der Waals surface area contributed by atoms with Gasteiger partial charge in [0.25, 0.3) is 0 Å². The highest BCUT2D eigenvalue weighted by Gasteiger charge is 2.34. The van der Waals surface area contributed by atoms with Gasteiger partial charge in [0.2, 0.25) is 15.9 Å². The van der Waals surface area contributed by atoms with Crippen LogP contribution in [-0.4, -0.2) is 56.8 Å². The highest BCUT2D eigenvalue weighted by molar-refractivity contribution is 7.89. The molecule has 1 aliphatic carbocycles. The Kier molecular flexibility index (Phi) is 5.76. The molecule has 3 aromatic rings. The SMILES string of the molecule is NS(=O)(=O)c1ccc(NC(=O)CN2CCN(C3c4ccccc4-c4ccccc43)CC2)cc1. The van der Waals surface area contributed by atoms with E-state index in [0.29, 0.717) is 12.2 Å². The van der Waals surface area contributed by atoms with Crippen molar-refractivity contribution in [2.45, 2.75) is 10.9 Å². The lowest BCUT2D eigenvalue weighted by Gasteiger charge is -2.38. The lowest BCUT2D eigenvalue weighted by molar-refractivity contribution is -0.117. The molecule has 0 unspecified atom stereocenters. The van der Waals surface area contributed by atoms with Gasteiger partial charge in [0.05, 0.1) is 17.5 Å². The van der Waals surface area contributed by atoms with Crippen molar-refractivity contribution < 1.29 is 13.2 Å². The van der Waals surface area contributed by atoms with E-state index in [-0.39, 0.29) is 16.8 Å². The highest BCUT2D eigenvalue weighted by atomic mass is 32.2. The first-order valence-corrected chi connectivity index (χ1v) is 12.5. The molecule has 1 fully saturated rings.